The van der Waals surface area contributed by atoms with Crippen LogP contribution in [0.3, 0.4) is 0 Å². The van der Waals surface area contributed by atoms with Crippen LogP contribution in [0.2, 0.25) is 0 Å². The summed E-state index contributed by atoms with van der Waals surface area (Å²) in [6, 6.07) is 11.2. The highest BCUT2D eigenvalue weighted by atomic mass is 32.2. The third kappa shape index (κ3) is 6.68. The molecule has 2 atom stereocenters. The molecule has 2 aliphatic rings. The van der Waals surface area contributed by atoms with Crippen molar-refractivity contribution in [2.45, 2.75) is 64.9 Å². The molecule has 0 radical (unpaired) electrons. The molecule has 5 rings (SSSR count). The van der Waals surface area contributed by atoms with Crippen LogP contribution in [-0.2, 0) is 23.1 Å². The number of carbonyl (C=O) groups is 1. The molecule has 12 heteroatoms. The monoisotopic (exact) mass is 565 g/mol. The van der Waals surface area contributed by atoms with E-state index >= 15 is 0 Å². The predicted octanol–water partition coefficient (Wildman–Crippen LogP) is 3.78. The van der Waals surface area contributed by atoms with Crippen molar-refractivity contribution in [2.75, 3.05) is 22.8 Å². The molecule has 212 valence electrons. The van der Waals surface area contributed by atoms with Crippen LogP contribution in [-0.4, -0.2) is 70.1 Å². The number of rotatable bonds is 8. The number of anilines is 3. The van der Waals surface area contributed by atoms with E-state index in [1.54, 1.807) is 6.07 Å². The number of nitrogens with zero attached hydrogens (tertiary/aromatic N) is 5. The van der Waals surface area contributed by atoms with Crippen LogP contribution in [0.15, 0.2) is 48.8 Å². The van der Waals surface area contributed by atoms with Crippen molar-refractivity contribution in [1.82, 2.24) is 24.8 Å². The highest BCUT2D eigenvalue weighted by Crippen LogP contribution is 2.31. The Morgan fingerprint density at radius 1 is 1.15 bits per heavy atom. The lowest BCUT2D eigenvalue weighted by Gasteiger charge is -2.41. The molecule has 1 aromatic carbocycles. The molecule has 0 unspecified atom stereocenters. The van der Waals surface area contributed by atoms with Gasteiger partial charge in [-0.15, -0.1) is 0 Å². The van der Waals surface area contributed by atoms with Gasteiger partial charge in [-0.2, -0.15) is 0 Å². The zero-order valence-electron chi connectivity index (χ0n) is 23.2. The first-order valence-electron chi connectivity index (χ1n) is 13.4. The maximum atomic E-state index is 13.3. The fourth-order valence-corrected chi connectivity index (χ4v) is 5.79. The van der Waals surface area contributed by atoms with Gasteiger partial charge in [0.1, 0.15) is 11.6 Å². The minimum Gasteiger partial charge on any atom is -0.491 e. The summed E-state index contributed by atoms with van der Waals surface area (Å²) in [6.07, 6.45) is 6.16. The molecule has 2 N–H and O–H groups in total. The topological polar surface area (TPSA) is 130 Å². The molecule has 1 saturated heterocycles. The van der Waals surface area contributed by atoms with Gasteiger partial charge in [0.15, 0.2) is 0 Å². The number of likely N-dealkylation sites (tertiary alicyclic amines) is 1. The van der Waals surface area contributed by atoms with E-state index < -0.39 is 10.0 Å². The van der Waals surface area contributed by atoms with Gasteiger partial charge in [-0.3, -0.25) is 14.4 Å². The van der Waals surface area contributed by atoms with Gasteiger partial charge in [-0.1, -0.05) is 6.07 Å². The number of ether oxygens (including phenoxy) is 1. The standard InChI is InChI=1S/C28H35N7O4S/c1-18(2)39-24-7-5-6-22(14-24)31-28-30-15-21-16-34(17-25(21)32-28)23-9-11-35(19(3)12-23)27(36)20-8-10-29-26(13-20)33-40(4,37)38/h5-8,10,13-15,18-19,23H,9,11-12,16-17H2,1-4H3,(H,29,33)(H,30,31,32)/t19-,23-/m1/s1. The number of nitrogens with one attached hydrogen (secondary N) is 2. The Morgan fingerprint density at radius 3 is 2.73 bits per heavy atom. The van der Waals surface area contributed by atoms with Gasteiger partial charge < -0.3 is 15.0 Å². The Bertz CT molecular complexity index is 1500. The fourth-order valence-electron chi connectivity index (χ4n) is 5.30. The lowest BCUT2D eigenvalue weighted by molar-refractivity contribution is 0.0460. The third-order valence-electron chi connectivity index (χ3n) is 7.07. The summed E-state index contributed by atoms with van der Waals surface area (Å²) in [4.78, 5) is 30.9. The summed E-state index contributed by atoms with van der Waals surface area (Å²) < 4.78 is 31.2. The molecule has 3 aromatic rings. The van der Waals surface area contributed by atoms with Crippen molar-refractivity contribution in [3.8, 4) is 5.75 Å². The molecule has 1 fully saturated rings. The minimum absolute atomic E-state index is 0.0260. The van der Waals surface area contributed by atoms with Crippen molar-refractivity contribution >= 4 is 33.4 Å². The number of hydrogen-bond donors (Lipinski definition) is 2. The van der Waals surface area contributed by atoms with E-state index in [0.717, 1.165) is 54.9 Å². The smallest absolute Gasteiger partial charge is 0.254 e. The molecule has 0 spiro atoms. The summed E-state index contributed by atoms with van der Waals surface area (Å²) in [6.45, 7) is 8.18. The lowest BCUT2D eigenvalue weighted by atomic mass is 9.96. The Labute approximate surface area is 235 Å². The maximum absolute atomic E-state index is 13.3. The van der Waals surface area contributed by atoms with E-state index in [0.29, 0.717) is 24.1 Å². The van der Waals surface area contributed by atoms with E-state index in [9.17, 15) is 13.2 Å². The number of amides is 1. The average Bonchev–Trinajstić information content (AvgIpc) is 3.31. The lowest BCUT2D eigenvalue weighted by Crippen LogP contribution is -2.50. The second kappa shape index (κ2) is 11.4. The largest absolute Gasteiger partial charge is 0.491 e. The van der Waals surface area contributed by atoms with Crippen molar-refractivity contribution in [3.05, 3.63) is 65.6 Å². The van der Waals surface area contributed by atoms with Gasteiger partial charge in [-0.25, -0.2) is 23.4 Å². The fraction of sp³-hybridized carbons (Fsp3) is 0.429. The molecule has 0 saturated carbocycles. The number of fused-ring (bicyclic) bond motifs is 1. The average molecular weight is 566 g/mol. The second-order valence-corrected chi connectivity index (χ2v) is 12.5. The number of carbonyl (C=O) groups excluding carboxylic acids is 1. The highest BCUT2D eigenvalue weighted by Gasteiger charge is 2.35. The summed E-state index contributed by atoms with van der Waals surface area (Å²) in [5.74, 6) is 1.36. The Kier molecular flexibility index (Phi) is 7.90. The highest BCUT2D eigenvalue weighted by molar-refractivity contribution is 7.92. The van der Waals surface area contributed by atoms with Gasteiger partial charge in [0, 0.05) is 67.0 Å². The van der Waals surface area contributed by atoms with Crippen LogP contribution in [0.25, 0.3) is 0 Å². The van der Waals surface area contributed by atoms with E-state index in [-0.39, 0.29) is 23.9 Å². The van der Waals surface area contributed by atoms with Crippen molar-refractivity contribution in [2.24, 2.45) is 0 Å². The molecular weight excluding hydrogens is 530 g/mol. The van der Waals surface area contributed by atoms with E-state index in [4.69, 9.17) is 9.72 Å². The van der Waals surface area contributed by atoms with Crippen LogP contribution in [0, 0.1) is 0 Å². The summed E-state index contributed by atoms with van der Waals surface area (Å²) in [7, 11) is -3.48. The molecular formula is C28H35N7O4S. The number of aromatic nitrogens is 3. The molecule has 4 heterocycles. The molecule has 2 aromatic heterocycles. The first-order chi connectivity index (χ1) is 19.0. The van der Waals surface area contributed by atoms with Crippen LogP contribution in [0.4, 0.5) is 17.5 Å². The van der Waals surface area contributed by atoms with Crippen LogP contribution >= 0.6 is 0 Å². The van der Waals surface area contributed by atoms with Gasteiger partial charge in [-0.05, 0) is 57.9 Å². The van der Waals surface area contributed by atoms with Crippen LogP contribution in [0.5, 0.6) is 5.75 Å². The van der Waals surface area contributed by atoms with Gasteiger partial charge in [0.2, 0.25) is 16.0 Å². The normalized spacial score (nSPS) is 19.4. The molecule has 0 bridgehead atoms. The molecule has 11 nitrogen and oxygen atoms in total. The van der Waals surface area contributed by atoms with E-state index in [1.165, 1.54) is 12.3 Å². The van der Waals surface area contributed by atoms with Crippen molar-refractivity contribution < 1.29 is 17.9 Å². The van der Waals surface area contributed by atoms with Gasteiger partial charge in [0.25, 0.3) is 5.91 Å². The molecule has 0 aliphatic carbocycles. The van der Waals surface area contributed by atoms with Crippen molar-refractivity contribution in [3.63, 3.8) is 0 Å². The Balaban J connectivity index is 1.20. The Morgan fingerprint density at radius 2 is 1.98 bits per heavy atom. The first-order valence-corrected chi connectivity index (χ1v) is 15.3. The van der Waals surface area contributed by atoms with Crippen molar-refractivity contribution in [1.29, 1.82) is 0 Å². The van der Waals surface area contributed by atoms with Crippen LogP contribution in [0.1, 0.15) is 55.2 Å². The maximum Gasteiger partial charge on any atom is 0.254 e. The van der Waals surface area contributed by atoms with E-state index in [2.05, 4.69) is 31.8 Å². The number of pyridine rings is 1. The minimum atomic E-state index is -3.48. The Hall–Kier alpha value is -3.77. The number of piperidine rings is 1. The summed E-state index contributed by atoms with van der Waals surface area (Å²) in [5, 5.41) is 3.29. The quantitative estimate of drug-likeness (QED) is 0.419. The molecule has 1 amide bonds. The summed E-state index contributed by atoms with van der Waals surface area (Å²) in [5.41, 5.74) is 3.42. The zero-order chi connectivity index (χ0) is 28.4. The zero-order valence-corrected chi connectivity index (χ0v) is 24.0. The van der Waals surface area contributed by atoms with E-state index in [1.807, 2.05) is 49.2 Å². The van der Waals surface area contributed by atoms with Gasteiger partial charge >= 0.3 is 0 Å². The SMILES string of the molecule is CC(C)Oc1cccc(Nc2ncc3c(n2)CN([C@@H]2CCN(C(=O)c4ccnc(NS(C)(=O)=O)c4)[C@H](C)C2)C3)c1. The molecule has 2 aliphatic heterocycles. The second-order valence-electron chi connectivity index (χ2n) is 10.7. The predicted molar refractivity (Wildman–Crippen MR) is 153 cm³/mol. The van der Waals surface area contributed by atoms with Gasteiger partial charge in [0.05, 0.1) is 18.1 Å². The number of sulfonamides is 1. The van der Waals surface area contributed by atoms with Crippen LogP contribution < -0.4 is 14.8 Å². The number of hydrogen-bond acceptors (Lipinski definition) is 9. The first kappa shape index (κ1) is 27.8. The molecule has 40 heavy (non-hydrogen) atoms. The third-order valence-corrected chi connectivity index (χ3v) is 7.64. The number of benzene rings is 1. The summed E-state index contributed by atoms with van der Waals surface area (Å²) >= 11 is 0.